The number of benzene rings is 1. The van der Waals surface area contributed by atoms with E-state index in [-0.39, 0.29) is 11.4 Å². The van der Waals surface area contributed by atoms with E-state index in [1.807, 2.05) is 11.4 Å². The van der Waals surface area contributed by atoms with Gasteiger partial charge in [0.15, 0.2) is 0 Å². The van der Waals surface area contributed by atoms with Gasteiger partial charge in [-0.1, -0.05) is 25.0 Å². The zero-order valence-corrected chi connectivity index (χ0v) is 10.8. The molecule has 2 nitrogen and oxygen atoms in total. The minimum absolute atomic E-state index is 0.230. The van der Waals surface area contributed by atoms with Gasteiger partial charge in [0, 0.05) is 10.9 Å². The van der Waals surface area contributed by atoms with Gasteiger partial charge < -0.3 is 5.73 Å². The van der Waals surface area contributed by atoms with Gasteiger partial charge in [-0.25, -0.2) is 9.37 Å². The third kappa shape index (κ3) is 1.95. The number of aromatic nitrogens is 1. The molecule has 2 N–H and O–H groups in total. The molecule has 1 aliphatic carbocycles. The van der Waals surface area contributed by atoms with E-state index in [0.717, 1.165) is 30.7 Å². The largest absolute Gasteiger partial charge is 0.319 e. The highest BCUT2D eigenvalue weighted by Crippen LogP contribution is 2.39. The van der Waals surface area contributed by atoms with Crippen molar-refractivity contribution in [1.29, 1.82) is 0 Å². The lowest BCUT2D eigenvalue weighted by atomic mass is 10.0. The Kier molecular flexibility index (Phi) is 2.92. The number of hydrogen-bond donors (Lipinski definition) is 1. The molecule has 18 heavy (non-hydrogen) atoms. The molecule has 4 heteroatoms. The number of halogens is 1. The van der Waals surface area contributed by atoms with Crippen molar-refractivity contribution in [3.05, 3.63) is 40.5 Å². The normalized spacial score (nSPS) is 18.1. The van der Waals surface area contributed by atoms with Crippen LogP contribution in [0.15, 0.2) is 29.6 Å². The van der Waals surface area contributed by atoms with Gasteiger partial charge in [0.05, 0.1) is 11.2 Å². The molecule has 0 saturated heterocycles. The molecule has 1 heterocycles. The number of rotatable bonds is 2. The van der Waals surface area contributed by atoms with Crippen LogP contribution in [0.3, 0.4) is 0 Å². The van der Waals surface area contributed by atoms with Gasteiger partial charge in [-0.05, 0) is 25.0 Å². The molecule has 1 aromatic heterocycles. The third-order valence-corrected chi connectivity index (χ3v) is 4.64. The predicted molar refractivity (Wildman–Crippen MR) is 71.8 cm³/mol. The zero-order chi connectivity index (χ0) is 12.6. The smallest absolute Gasteiger partial charge is 0.132 e. The molecule has 0 radical (unpaired) electrons. The maximum absolute atomic E-state index is 13.7. The maximum atomic E-state index is 13.7. The van der Waals surface area contributed by atoms with Crippen molar-refractivity contribution >= 4 is 11.3 Å². The Morgan fingerprint density at radius 1 is 1.22 bits per heavy atom. The van der Waals surface area contributed by atoms with Crippen molar-refractivity contribution < 1.29 is 4.39 Å². The van der Waals surface area contributed by atoms with Crippen LogP contribution in [0.1, 0.15) is 30.7 Å². The second kappa shape index (κ2) is 4.44. The Balaban J connectivity index is 1.97. The minimum atomic E-state index is -0.284. The van der Waals surface area contributed by atoms with E-state index in [4.69, 9.17) is 5.73 Å². The van der Waals surface area contributed by atoms with E-state index in [2.05, 4.69) is 4.98 Å². The van der Waals surface area contributed by atoms with Crippen LogP contribution in [0.25, 0.3) is 11.3 Å². The van der Waals surface area contributed by atoms with Gasteiger partial charge in [-0.15, -0.1) is 11.3 Å². The van der Waals surface area contributed by atoms with Crippen LogP contribution in [0, 0.1) is 5.82 Å². The molecule has 0 bridgehead atoms. The second-order valence-electron chi connectivity index (χ2n) is 4.88. The Hall–Kier alpha value is -1.26. The minimum Gasteiger partial charge on any atom is -0.319 e. The summed E-state index contributed by atoms with van der Waals surface area (Å²) in [6, 6.07) is 6.73. The first kappa shape index (κ1) is 11.8. The summed E-state index contributed by atoms with van der Waals surface area (Å²) in [5, 5.41) is 2.85. The van der Waals surface area contributed by atoms with Crippen LogP contribution in [0.5, 0.6) is 0 Å². The summed E-state index contributed by atoms with van der Waals surface area (Å²) in [4.78, 5) is 4.55. The average molecular weight is 262 g/mol. The Morgan fingerprint density at radius 3 is 2.67 bits per heavy atom. The number of hydrogen-bond acceptors (Lipinski definition) is 3. The molecule has 1 aliphatic rings. The first-order valence-electron chi connectivity index (χ1n) is 6.19. The summed E-state index contributed by atoms with van der Waals surface area (Å²) in [7, 11) is 0. The molecule has 1 aromatic carbocycles. The molecule has 0 aliphatic heterocycles. The average Bonchev–Trinajstić information content (AvgIpc) is 2.99. The first-order chi connectivity index (χ1) is 8.69. The maximum Gasteiger partial charge on any atom is 0.132 e. The van der Waals surface area contributed by atoms with Gasteiger partial charge in [0.1, 0.15) is 10.8 Å². The highest BCUT2D eigenvalue weighted by molar-refractivity contribution is 7.10. The number of thiazole rings is 1. The highest BCUT2D eigenvalue weighted by Gasteiger charge is 2.34. The fraction of sp³-hybridized carbons (Fsp3) is 0.357. The number of nitrogens with two attached hydrogens (primary N) is 1. The van der Waals surface area contributed by atoms with E-state index in [0.29, 0.717) is 11.3 Å². The summed E-state index contributed by atoms with van der Waals surface area (Å²) >= 11 is 1.55. The number of nitrogens with zero attached hydrogens (tertiary/aromatic N) is 1. The van der Waals surface area contributed by atoms with E-state index in [9.17, 15) is 4.39 Å². The topological polar surface area (TPSA) is 38.9 Å². The van der Waals surface area contributed by atoms with Crippen LogP contribution in [0.4, 0.5) is 4.39 Å². The van der Waals surface area contributed by atoms with Crippen molar-refractivity contribution in [3.8, 4) is 11.3 Å². The van der Waals surface area contributed by atoms with Gasteiger partial charge in [-0.2, -0.15) is 0 Å². The molecule has 0 unspecified atom stereocenters. The van der Waals surface area contributed by atoms with E-state index < -0.39 is 0 Å². The van der Waals surface area contributed by atoms with Crippen LogP contribution < -0.4 is 5.73 Å². The molecule has 1 fully saturated rings. The molecule has 2 aromatic rings. The van der Waals surface area contributed by atoms with Crippen LogP contribution in [0.2, 0.25) is 0 Å². The van der Waals surface area contributed by atoms with E-state index in [1.54, 1.807) is 23.5 Å². The van der Waals surface area contributed by atoms with E-state index in [1.165, 1.54) is 6.07 Å². The third-order valence-electron chi connectivity index (χ3n) is 3.58. The molecule has 94 valence electrons. The molecule has 3 rings (SSSR count). The van der Waals surface area contributed by atoms with Crippen LogP contribution in [-0.4, -0.2) is 4.98 Å². The second-order valence-corrected chi connectivity index (χ2v) is 5.74. The lowest BCUT2D eigenvalue weighted by Crippen LogP contribution is -2.32. The SMILES string of the molecule is NC1(c2nc(-c3ccccc3F)cs2)CCCC1. The fourth-order valence-electron chi connectivity index (χ4n) is 2.51. The molecule has 0 atom stereocenters. The molecule has 0 amide bonds. The summed E-state index contributed by atoms with van der Waals surface area (Å²) in [5.74, 6) is -0.230. The Bertz CT molecular complexity index is 558. The summed E-state index contributed by atoms with van der Waals surface area (Å²) in [6.45, 7) is 0. The Labute approximate surface area is 110 Å². The fourth-order valence-corrected chi connectivity index (χ4v) is 3.51. The van der Waals surface area contributed by atoms with Crippen LogP contribution in [-0.2, 0) is 5.54 Å². The lowest BCUT2D eigenvalue weighted by molar-refractivity contribution is 0.459. The van der Waals surface area contributed by atoms with Gasteiger partial charge in [0.2, 0.25) is 0 Å². The molecule has 1 saturated carbocycles. The van der Waals surface area contributed by atoms with Crippen molar-refractivity contribution in [2.45, 2.75) is 31.2 Å². The monoisotopic (exact) mass is 262 g/mol. The zero-order valence-electron chi connectivity index (χ0n) is 10.0. The highest BCUT2D eigenvalue weighted by atomic mass is 32.1. The van der Waals surface area contributed by atoms with Crippen molar-refractivity contribution in [2.75, 3.05) is 0 Å². The standard InChI is InChI=1S/C14H15FN2S/c15-11-6-2-1-5-10(11)12-9-18-13(17-12)14(16)7-3-4-8-14/h1-2,5-6,9H,3-4,7-8,16H2. The predicted octanol–water partition coefficient (Wildman–Crippen LogP) is 3.68. The lowest BCUT2D eigenvalue weighted by Gasteiger charge is -2.19. The first-order valence-corrected chi connectivity index (χ1v) is 7.07. The van der Waals surface area contributed by atoms with Crippen molar-refractivity contribution in [3.63, 3.8) is 0 Å². The summed E-state index contributed by atoms with van der Waals surface area (Å²) < 4.78 is 13.7. The molecular weight excluding hydrogens is 247 g/mol. The Morgan fingerprint density at radius 2 is 1.94 bits per heavy atom. The molecular formula is C14H15FN2S. The van der Waals surface area contributed by atoms with E-state index >= 15 is 0 Å². The van der Waals surface area contributed by atoms with Gasteiger partial charge in [-0.3, -0.25) is 0 Å². The van der Waals surface area contributed by atoms with Crippen molar-refractivity contribution in [2.24, 2.45) is 5.73 Å². The van der Waals surface area contributed by atoms with Crippen LogP contribution >= 0.6 is 11.3 Å². The van der Waals surface area contributed by atoms with Gasteiger partial charge in [0.25, 0.3) is 0 Å². The quantitative estimate of drug-likeness (QED) is 0.896. The summed E-state index contributed by atoms with van der Waals surface area (Å²) in [5.41, 5.74) is 7.34. The van der Waals surface area contributed by atoms with Gasteiger partial charge >= 0.3 is 0 Å². The molecule has 0 spiro atoms. The van der Waals surface area contributed by atoms with Crippen molar-refractivity contribution in [1.82, 2.24) is 4.98 Å². The summed E-state index contributed by atoms with van der Waals surface area (Å²) in [6.07, 6.45) is 4.28.